The molecule has 0 radical (unpaired) electrons. The molecule has 2 nitrogen and oxygen atoms in total. The molecule has 0 fully saturated rings. The molecule has 0 saturated carbocycles. The van der Waals surface area contributed by atoms with Gasteiger partial charge in [-0.2, -0.15) is 0 Å². The zero-order chi connectivity index (χ0) is 13.8. The van der Waals surface area contributed by atoms with Crippen molar-refractivity contribution in [3.05, 3.63) is 65.2 Å². The van der Waals surface area contributed by atoms with E-state index < -0.39 is 0 Å². The lowest BCUT2D eigenvalue weighted by Gasteiger charge is -2.26. The van der Waals surface area contributed by atoms with Gasteiger partial charge in [-0.25, -0.2) is 0 Å². The lowest BCUT2D eigenvalue weighted by molar-refractivity contribution is 0.0100. The first-order valence-corrected chi connectivity index (χ1v) is 7.96. The lowest BCUT2D eigenvalue weighted by Crippen LogP contribution is -2.21. The Morgan fingerprint density at radius 1 is 1.10 bits per heavy atom. The Labute approximate surface area is 127 Å². The van der Waals surface area contributed by atoms with Crippen molar-refractivity contribution in [2.75, 3.05) is 13.2 Å². The summed E-state index contributed by atoms with van der Waals surface area (Å²) in [6.07, 6.45) is 1.02. The van der Waals surface area contributed by atoms with Gasteiger partial charge < -0.3 is 9.47 Å². The van der Waals surface area contributed by atoms with Gasteiger partial charge in [0.1, 0.15) is 18.5 Å². The van der Waals surface area contributed by atoms with E-state index in [1.807, 2.05) is 18.2 Å². The van der Waals surface area contributed by atoms with Crippen LogP contribution in [0.5, 0.6) is 5.75 Å². The van der Waals surface area contributed by atoms with Crippen LogP contribution in [0.3, 0.4) is 0 Å². The summed E-state index contributed by atoms with van der Waals surface area (Å²) in [5, 5.41) is 0.797. The van der Waals surface area contributed by atoms with Crippen molar-refractivity contribution in [1.29, 1.82) is 0 Å². The van der Waals surface area contributed by atoms with Gasteiger partial charge in [0.2, 0.25) is 0 Å². The van der Waals surface area contributed by atoms with Gasteiger partial charge in [0.05, 0.1) is 6.61 Å². The molecule has 0 amide bonds. The highest BCUT2D eigenvalue weighted by Crippen LogP contribution is 2.28. The molecule has 0 aromatic heterocycles. The molecule has 1 aliphatic heterocycles. The number of alkyl halides is 1. The van der Waals surface area contributed by atoms with E-state index in [4.69, 9.17) is 9.47 Å². The van der Waals surface area contributed by atoms with Crippen LogP contribution in [0.25, 0.3) is 0 Å². The second-order valence-corrected chi connectivity index (χ2v) is 5.42. The molecule has 2 aromatic carbocycles. The maximum atomic E-state index is 5.97. The summed E-state index contributed by atoms with van der Waals surface area (Å²) >= 11 is 3.49. The first kappa shape index (κ1) is 13.7. The summed E-state index contributed by atoms with van der Waals surface area (Å²) in [4.78, 5) is 0. The van der Waals surface area contributed by atoms with Crippen LogP contribution in [0, 0.1) is 0 Å². The molecule has 3 heteroatoms. The number of para-hydroxylation sites is 1. The molecule has 1 unspecified atom stereocenters. The first-order chi connectivity index (χ1) is 9.88. The Morgan fingerprint density at radius 3 is 2.80 bits per heavy atom. The van der Waals surface area contributed by atoms with Crippen LogP contribution in [-0.2, 0) is 16.5 Å². The van der Waals surface area contributed by atoms with Crippen LogP contribution in [0.2, 0.25) is 0 Å². The predicted molar refractivity (Wildman–Crippen MR) is 83.4 cm³/mol. The second-order valence-electron chi connectivity index (χ2n) is 4.86. The van der Waals surface area contributed by atoms with E-state index in [1.54, 1.807) is 0 Å². The van der Waals surface area contributed by atoms with Crippen molar-refractivity contribution in [3.63, 3.8) is 0 Å². The molecule has 1 heterocycles. The number of rotatable bonds is 4. The van der Waals surface area contributed by atoms with Crippen molar-refractivity contribution >= 4 is 15.9 Å². The smallest absolute Gasteiger partial charge is 0.123 e. The third kappa shape index (κ3) is 2.89. The highest BCUT2D eigenvalue weighted by Gasteiger charge is 2.21. The van der Waals surface area contributed by atoms with Crippen LogP contribution in [0.1, 0.15) is 22.8 Å². The highest BCUT2D eigenvalue weighted by molar-refractivity contribution is 9.08. The molecule has 2 aromatic rings. The number of ether oxygens (including phenoxy) is 2. The quantitative estimate of drug-likeness (QED) is 0.778. The Hall–Kier alpha value is -1.32. The molecule has 3 rings (SSSR count). The molecule has 0 saturated heterocycles. The Balaban J connectivity index is 1.73. The van der Waals surface area contributed by atoms with Crippen molar-refractivity contribution in [2.45, 2.75) is 17.9 Å². The summed E-state index contributed by atoms with van der Waals surface area (Å²) in [6, 6.07) is 16.6. The van der Waals surface area contributed by atoms with Gasteiger partial charge in [-0.3, -0.25) is 0 Å². The van der Waals surface area contributed by atoms with E-state index in [0.29, 0.717) is 6.61 Å². The first-order valence-electron chi connectivity index (χ1n) is 6.84. The number of fused-ring (bicyclic) bond motifs is 1. The summed E-state index contributed by atoms with van der Waals surface area (Å²) in [5.41, 5.74) is 3.80. The summed E-state index contributed by atoms with van der Waals surface area (Å²) in [6.45, 7) is 1.33. The molecular weight excluding hydrogens is 316 g/mol. The van der Waals surface area contributed by atoms with Gasteiger partial charge in [0.25, 0.3) is 0 Å². The highest BCUT2D eigenvalue weighted by atomic mass is 79.9. The minimum absolute atomic E-state index is 0.0309. The van der Waals surface area contributed by atoms with Gasteiger partial charge >= 0.3 is 0 Å². The fourth-order valence-corrected chi connectivity index (χ4v) is 3.00. The maximum absolute atomic E-state index is 5.97. The number of hydrogen-bond acceptors (Lipinski definition) is 2. The third-order valence-electron chi connectivity index (χ3n) is 3.60. The molecule has 0 N–H and O–H groups in total. The number of hydrogen-bond donors (Lipinski definition) is 0. The zero-order valence-electron chi connectivity index (χ0n) is 11.2. The molecule has 0 aliphatic carbocycles. The molecule has 1 aliphatic rings. The van der Waals surface area contributed by atoms with E-state index in [0.717, 1.165) is 29.7 Å². The van der Waals surface area contributed by atoms with E-state index in [2.05, 4.69) is 46.3 Å². The predicted octanol–water partition coefficient (Wildman–Crippen LogP) is 4.27. The van der Waals surface area contributed by atoms with E-state index in [1.165, 1.54) is 11.1 Å². The maximum Gasteiger partial charge on any atom is 0.123 e. The van der Waals surface area contributed by atoms with Gasteiger partial charge in [0.15, 0.2) is 0 Å². The Bertz CT molecular complexity index is 583. The minimum atomic E-state index is 0.0309. The fraction of sp³-hybridized carbons (Fsp3) is 0.294. The minimum Gasteiger partial charge on any atom is -0.490 e. The van der Waals surface area contributed by atoms with Crippen LogP contribution in [0.15, 0.2) is 48.5 Å². The molecule has 104 valence electrons. The van der Waals surface area contributed by atoms with Crippen LogP contribution < -0.4 is 4.74 Å². The summed E-state index contributed by atoms with van der Waals surface area (Å²) in [7, 11) is 0. The molecule has 20 heavy (non-hydrogen) atoms. The molecule has 0 bridgehead atoms. The van der Waals surface area contributed by atoms with Crippen molar-refractivity contribution in [2.24, 2.45) is 0 Å². The molecule has 1 atom stereocenters. The monoisotopic (exact) mass is 332 g/mol. The Kier molecular flexibility index (Phi) is 4.38. The summed E-state index contributed by atoms with van der Waals surface area (Å²) < 4.78 is 11.8. The topological polar surface area (TPSA) is 18.5 Å². The van der Waals surface area contributed by atoms with Crippen LogP contribution >= 0.6 is 15.9 Å². The van der Waals surface area contributed by atoms with Gasteiger partial charge in [-0.05, 0) is 23.6 Å². The van der Waals surface area contributed by atoms with E-state index in [9.17, 15) is 0 Å². The van der Waals surface area contributed by atoms with Crippen LogP contribution in [-0.4, -0.2) is 13.2 Å². The van der Waals surface area contributed by atoms with Crippen molar-refractivity contribution < 1.29 is 9.47 Å². The average Bonchev–Trinajstić information content (AvgIpc) is 2.53. The van der Waals surface area contributed by atoms with Gasteiger partial charge in [-0.1, -0.05) is 58.4 Å². The average molecular weight is 333 g/mol. The largest absolute Gasteiger partial charge is 0.490 e. The van der Waals surface area contributed by atoms with Gasteiger partial charge in [-0.15, -0.1) is 0 Å². The van der Waals surface area contributed by atoms with E-state index >= 15 is 0 Å². The lowest BCUT2D eigenvalue weighted by atomic mass is 9.98. The van der Waals surface area contributed by atoms with Crippen LogP contribution in [0.4, 0.5) is 0 Å². The van der Waals surface area contributed by atoms with Gasteiger partial charge in [0, 0.05) is 10.9 Å². The van der Waals surface area contributed by atoms with E-state index in [-0.39, 0.29) is 6.10 Å². The zero-order valence-corrected chi connectivity index (χ0v) is 12.8. The normalized spacial score (nSPS) is 17.6. The molecule has 0 spiro atoms. The van der Waals surface area contributed by atoms with Crippen molar-refractivity contribution in [3.8, 4) is 5.75 Å². The second kappa shape index (κ2) is 6.42. The SMILES string of the molecule is BrCc1ccccc1OCC1OCCc2ccccc21. The van der Waals surface area contributed by atoms with Crippen molar-refractivity contribution in [1.82, 2.24) is 0 Å². The molecular formula is C17H17BrO2. The third-order valence-corrected chi connectivity index (χ3v) is 4.20. The summed E-state index contributed by atoms with van der Waals surface area (Å²) in [5.74, 6) is 0.927. The number of benzene rings is 2. The number of halogens is 1. The standard InChI is InChI=1S/C17H17BrO2/c18-11-14-6-2-4-8-16(14)20-12-17-15-7-3-1-5-13(15)9-10-19-17/h1-8,17H,9-12H2. The Morgan fingerprint density at radius 2 is 1.90 bits per heavy atom. The fourth-order valence-electron chi connectivity index (χ4n) is 2.54.